The summed E-state index contributed by atoms with van der Waals surface area (Å²) < 4.78 is 5.22. The number of carbonyl (C=O) groups is 3. The van der Waals surface area contributed by atoms with E-state index in [1.165, 1.54) is 23.3 Å². The number of fused-ring (bicyclic) bond motifs is 2. The van der Waals surface area contributed by atoms with Gasteiger partial charge in [-0.15, -0.1) is 12.4 Å². The third-order valence-electron chi connectivity index (χ3n) is 10.6. The molecule has 4 heterocycles. The first-order valence-electron chi connectivity index (χ1n) is 15.6. The topological polar surface area (TPSA) is 73.4 Å². The predicted molar refractivity (Wildman–Crippen MR) is 160 cm³/mol. The van der Waals surface area contributed by atoms with Gasteiger partial charge in [0.25, 0.3) is 5.91 Å². The van der Waals surface area contributed by atoms with Gasteiger partial charge in [0.05, 0.1) is 13.2 Å². The fraction of sp³-hybridized carbons (Fsp3) is 0.719. The molecule has 8 nitrogen and oxygen atoms in total. The van der Waals surface area contributed by atoms with Crippen molar-refractivity contribution in [3.8, 4) is 0 Å². The van der Waals surface area contributed by atoms with Crippen LogP contribution in [0.1, 0.15) is 76.7 Å². The van der Waals surface area contributed by atoms with Crippen LogP contribution in [0.3, 0.4) is 0 Å². The molecule has 0 radical (unpaired) electrons. The molecule has 0 aromatic heterocycles. The van der Waals surface area contributed by atoms with E-state index < -0.39 is 5.54 Å². The van der Waals surface area contributed by atoms with Crippen molar-refractivity contribution < 1.29 is 19.1 Å². The van der Waals surface area contributed by atoms with Crippen LogP contribution in [-0.4, -0.2) is 101 Å². The molecular weight excluding hydrogens is 540 g/mol. The number of hydrogen-bond acceptors (Lipinski definition) is 5. The van der Waals surface area contributed by atoms with Gasteiger partial charge in [0, 0.05) is 56.7 Å². The highest BCUT2D eigenvalue weighted by molar-refractivity contribution is 6.07. The van der Waals surface area contributed by atoms with Crippen molar-refractivity contribution >= 4 is 30.3 Å². The summed E-state index contributed by atoms with van der Waals surface area (Å²) >= 11 is 0. The van der Waals surface area contributed by atoms with E-state index in [9.17, 15) is 14.4 Å². The molecule has 1 aromatic carbocycles. The highest BCUT2D eigenvalue weighted by Gasteiger charge is 2.63. The van der Waals surface area contributed by atoms with Gasteiger partial charge in [0.1, 0.15) is 5.54 Å². The minimum Gasteiger partial charge on any atom is -0.383 e. The minimum absolute atomic E-state index is 0. The average Bonchev–Trinajstić information content (AvgIpc) is 3.71. The molecule has 5 fully saturated rings. The van der Waals surface area contributed by atoms with Crippen LogP contribution >= 0.6 is 12.4 Å². The molecule has 4 amide bonds. The SMILES string of the molecule is COCCN1C(=O)N(C(C)C)C2(CC3CCC(C2)N3C[C@H]2CN(C(=O)C3CCCC3)C[C@@H]2c2ccccc2)C1=O.Cl. The van der Waals surface area contributed by atoms with Crippen molar-refractivity contribution in [2.45, 2.75) is 94.8 Å². The lowest BCUT2D eigenvalue weighted by atomic mass is 9.79. The Morgan fingerprint density at radius 2 is 1.66 bits per heavy atom. The predicted octanol–water partition coefficient (Wildman–Crippen LogP) is 4.53. The maximum Gasteiger partial charge on any atom is 0.327 e. The first-order chi connectivity index (χ1) is 19.3. The second-order valence-corrected chi connectivity index (χ2v) is 13.2. The first-order valence-corrected chi connectivity index (χ1v) is 15.6. The summed E-state index contributed by atoms with van der Waals surface area (Å²) in [6.45, 7) is 7.29. The van der Waals surface area contributed by atoms with Crippen LogP contribution in [0.4, 0.5) is 4.79 Å². The highest BCUT2D eigenvalue weighted by atomic mass is 35.5. The Kier molecular flexibility index (Phi) is 9.03. The molecule has 2 unspecified atom stereocenters. The lowest BCUT2D eigenvalue weighted by molar-refractivity contribution is -0.138. The molecule has 4 saturated heterocycles. The largest absolute Gasteiger partial charge is 0.383 e. The fourth-order valence-corrected chi connectivity index (χ4v) is 8.85. The van der Waals surface area contributed by atoms with E-state index in [0.717, 1.165) is 45.3 Å². The molecule has 1 aliphatic carbocycles. The second-order valence-electron chi connectivity index (χ2n) is 13.2. The summed E-state index contributed by atoms with van der Waals surface area (Å²) in [7, 11) is 1.61. The maximum atomic E-state index is 13.9. The molecule has 0 N–H and O–H groups in total. The van der Waals surface area contributed by atoms with Gasteiger partial charge in [0.2, 0.25) is 5.91 Å². The van der Waals surface area contributed by atoms with Crippen LogP contribution in [0.2, 0.25) is 0 Å². The normalized spacial score (nSPS) is 32.1. The van der Waals surface area contributed by atoms with E-state index >= 15 is 0 Å². The molecule has 226 valence electrons. The van der Waals surface area contributed by atoms with Crippen molar-refractivity contribution in [2.75, 3.05) is 39.9 Å². The molecule has 1 aromatic rings. The van der Waals surface area contributed by atoms with Crippen molar-refractivity contribution in [1.29, 1.82) is 0 Å². The number of halogens is 1. The molecular formula is C32H47ClN4O4. The van der Waals surface area contributed by atoms with Gasteiger partial charge >= 0.3 is 6.03 Å². The number of benzene rings is 1. The Labute approximate surface area is 251 Å². The third-order valence-corrected chi connectivity index (χ3v) is 10.6. The minimum atomic E-state index is -0.750. The molecule has 5 aliphatic rings. The number of carbonyl (C=O) groups excluding carboxylic acids is 3. The van der Waals surface area contributed by atoms with E-state index in [-0.39, 0.29) is 48.4 Å². The van der Waals surface area contributed by atoms with Gasteiger partial charge in [-0.2, -0.15) is 0 Å². The number of nitrogens with zero attached hydrogens (tertiary/aromatic N) is 4. The lowest BCUT2D eigenvalue weighted by Crippen LogP contribution is -2.62. The number of urea groups is 1. The van der Waals surface area contributed by atoms with Crippen molar-refractivity contribution in [3.05, 3.63) is 35.9 Å². The number of amides is 4. The van der Waals surface area contributed by atoms with Gasteiger partial charge in [-0.25, -0.2) is 4.79 Å². The van der Waals surface area contributed by atoms with Gasteiger partial charge < -0.3 is 14.5 Å². The number of ether oxygens (including phenoxy) is 1. The summed E-state index contributed by atoms with van der Waals surface area (Å²) in [6, 6.07) is 11.1. The maximum absolute atomic E-state index is 13.9. The zero-order chi connectivity index (χ0) is 28.0. The van der Waals surface area contributed by atoms with E-state index in [1.54, 1.807) is 7.11 Å². The lowest BCUT2D eigenvalue weighted by Gasteiger charge is -2.48. The van der Waals surface area contributed by atoms with Crippen LogP contribution in [0.5, 0.6) is 0 Å². The highest BCUT2D eigenvalue weighted by Crippen LogP contribution is 2.49. The molecule has 6 rings (SSSR count). The third kappa shape index (κ3) is 5.29. The average molecular weight is 587 g/mol. The number of imide groups is 1. The Balaban J connectivity index is 0.00000337. The standard InChI is InChI=1S/C32H46N4O4.ClH/c1-22(2)36-31(39)34(15-16-40-3)30(38)32(36)17-26-13-14-27(18-32)35(26)20-25-19-33(29(37)24-11-7-8-12-24)21-28(25)23-9-5-4-6-10-23;/h4-6,9-10,22,24-28H,7-8,11-21H2,1-3H3;1H/t25-,26?,27?,28-,32?;/m1./s1. The van der Waals surface area contributed by atoms with Gasteiger partial charge in [-0.1, -0.05) is 43.2 Å². The monoisotopic (exact) mass is 586 g/mol. The van der Waals surface area contributed by atoms with E-state index in [0.29, 0.717) is 43.7 Å². The molecule has 2 bridgehead atoms. The fourth-order valence-electron chi connectivity index (χ4n) is 8.85. The van der Waals surface area contributed by atoms with E-state index in [2.05, 4.69) is 40.1 Å². The quantitative estimate of drug-likeness (QED) is 0.419. The molecule has 1 spiro atoms. The number of piperidine rings is 1. The van der Waals surface area contributed by atoms with Crippen molar-refractivity contribution in [1.82, 2.24) is 19.6 Å². The zero-order valence-electron chi connectivity index (χ0n) is 24.9. The van der Waals surface area contributed by atoms with Crippen LogP contribution in [0.15, 0.2) is 30.3 Å². The molecule has 41 heavy (non-hydrogen) atoms. The van der Waals surface area contributed by atoms with E-state index in [4.69, 9.17) is 4.74 Å². The number of hydrogen-bond donors (Lipinski definition) is 0. The Bertz CT molecular complexity index is 1100. The second kappa shape index (κ2) is 12.2. The van der Waals surface area contributed by atoms with Crippen LogP contribution in [0.25, 0.3) is 0 Å². The summed E-state index contributed by atoms with van der Waals surface area (Å²) in [5.74, 6) is 1.23. The van der Waals surface area contributed by atoms with Crippen LogP contribution in [-0.2, 0) is 14.3 Å². The van der Waals surface area contributed by atoms with Crippen LogP contribution < -0.4 is 0 Å². The Morgan fingerprint density at radius 1 is 1.00 bits per heavy atom. The molecule has 4 atom stereocenters. The van der Waals surface area contributed by atoms with Gasteiger partial charge in [-0.05, 0) is 63.9 Å². The van der Waals surface area contributed by atoms with E-state index in [1.807, 2.05) is 18.7 Å². The van der Waals surface area contributed by atoms with Crippen molar-refractivity contribution in [3.63, 3.8) is 0 Å². The summed E-state index contributed by atoms with van der Waals surface area (Å²) in [5, 5.41) is 0. The van der Waals surface area contributed by atoms with Crippen LogP contribution in [0, 0.1) is 11.8 Å². The number of rotatable bonds is 8. The summed E-state index contributed by atoms with van der Waals surface area (Å²) in [5.41, 5.74) is 0.576. The number of methoxy groups -OCH3 is 1. The summed E-state index contributed by atoms with van der Waals surface area (Å²) in [6.07, 6.45) is 7.94. The Morgan fingerprint density at radius 3 is 2.27 bits per heavy atom. The van der Waals surface area contributed by atoms with Crippen molar-refractivity contribution in [2.24, 2.45) is 11.8 Å². The summed E-state index contributed by atoms with van der Waals surface area (Å²) in [4.78, 5) is 49.0. The molecule has 4 aliphatic heterocycles. The molecule has 9 heteroatoms. The first kappa shape index (κ1) is 30.3. The smallest absolute Gasteiger partial charge is 0.327 e. The number of likely N-dealkylation sites (tertiary alicyclic amines) is 1. The van der Waals surface area contributed by atoms with Gasteiger partial charge in [-0.3, -0.25) is 19.4 Å². The van der Waals surface area contributed by atoms with Gasteiger partial charge in [0.15, 0.2) is 0 Å². The zero-order valence-corrected chi connectivity index (χ0v) is 25.7. The molecule has 1 saturated carbocycles. The Hall–Kier alpha value is -2.16.